The van der Waals surface area contributed by atoms with E-state index in [9.17, 15) is 0 Å². The Bertz CT molecular complexity index is 584. The van der Waals surface area contributed by atoms with Crippen molar-refractivity contribution in [1.82, 2.24) is 19.7 Å². The van der Waals surface area contributed by atoms with Gasteiger partial charge in [-0.1, -0.05) is 5.16 Å². The van der Waals surface area contributed by atoms with Gasteiger partial charge in [0.15, 0.2) is 11.7 Å². The Hall–Kier alpha value is -2.44. The molecule has 2 aromatic rings. The Labute approximate surface area is 103 Å². The fraction of sp³-hybridized carbons (Fsp3) is 0.273. The van der Waals surface area contributed by atoms with Crippen molar-refractivity contribution in [3.05, 3.63) is 36.0 Å². The van der Waals surface area contributed by atoms with Crippen LogP contribution in [0.15, 0.2) is 29.8 Å². The minimum absolute atomic E-state index is 0.0619. The third-order valence-electron chi connectivity index (χ3n) is 2.85. The van der Waals surface area contributed by atoms with Gasteiger partial charge in [0.2, 0.25) is 0 Å². The van der Waals surface area contributed by atoms with E-state index in [1.54, 1.807) is 4.68 Å². The summed E-state index contributed by atoms with van der Waals surface area (Å²) in [5, 5.41) is 15.8. The summed E-state index contributed by atoms with van der Waals surface area (Å²) in [6.07, 6.45) is 7.27. The second-order valence-corrected chi connectivity index (χ2v) is 4.20. The van der Waals surface area contributed by atoms with Crippen LogP contribution in [0.3, 0.4) is 0 Å². The van der Waals surface area contributed by atoms with E-state index in [4.69, 9.17) is 10.9 Å². The highest BCUT2D eigenvalue weighted by Crippen LogP contribution is 2.38. The van der Waals surface area contributed by atoms with Gasteiger partial charge < -0.3 is 10.9 Å². The van der Waals surface area contributed by atoms with Gasteiger partial charge in [-0.15, -0.1) is 0 Å². The van der Waals surface area contributed by atoms with Gasteiger partial charge in [-0.3, -0.25) is 0 Å². The highest BCUT2D eigenvalue weighted by atomic mass is 16.4. The van der Waals surface area contributed by atoms with E-state index in [1.165, 1.54) is 25.2 Å². The summed E-state index contributed by atoms with van der Waals surface area (Å²) >= 11 is 0. The first-order valence-electron chi connectivity index (χ1n) is 5.64. The molecule has 7 nitrogen and oxygen atoms in total. The zero-order valence-electron chi connectivity index (χ0n) is 9.56. The van der Waals surface area contributed by atoms with Crippen LogP contribution in [-0.2, 0) is 0 Å². The highest BCUT2D eigenvalue weighted by molar-refractivity contribution is 5.94. The quantitative estimate of drug-likeness (QED) is 0.357. The third-order valence-corrected chi connectivity index (χ3v) is 2.85. The molecule has 1 aliphatic rings. The lowest BCUT2D eigenvalue weighted by atomic mass is 10.3. The number of rotatable bonds is 3. The Morgan fingerprint density at radius 3 is 2.83 bits per heavy atom. The average Bonchev–Trinajstić information content (AvgIpc) is 3.16. The molecule has 0 unspecified atom stereocenters. The fourth-order valence-electron chi connectivity index (χ4n) is 1.69. The Morgan fingerprint density at radius 2 is 2.22 bits per heavy atom. The maximum Gasteiger partial charge on any atom is 0.190 e. The predicted octanol–water partition coefficient (Wildman–Crippen LogP) is 0.634. The van der Waals surface area contributed by atoms with Crippen molar-refractivity contribution in [2.24, 2.45) is 10.9 Å². The van der Waals surface area contributed by atoms with E-state index < -0.39 is 0 Å². The summed E-state index contributed by atoms with van der Waals surface area (Å²) in [5.74, 6) is 1.15. The first-order valence-corrected chi connectivity index (χ1v) is 5.64. The number of hydrogen-bond acceptors (Lipinski definition) is 5. The number of amidine groups is 1. The SMILES string of the molecule is NC(=NO)c1cnc(-n2ccc(C3CC3)n2)cn1. The monoisotopic (exact) mass is 244 g/mol. The molecule has 0 atom stereocenters. The molecule has 0 spiro atoms. The number of nitrogens with two attached hydrogens (primary N) is 1. The molecule has 0 radical (unpaired) electrons. The minimum atomic E-state index is -0.0619. The topological polar surface area (TPSA) is 102 Å². The van der Waals surface area contributed by atoms with Crippen LogP contribution in [0.4, 0.5) is 0 Å². The molecule has 1 fully saturated rings. The summed E-state index contributed by atoms with van der Waals surface area (Å²) in [6.45, 7) is 0. The number of oxime groups is 1. The van der Waals surface area contributed by atoms with Gasteiger partial charge in [-0.05, 0) is 18.9 Å². The van der Waals surface area contributed by atoms with Crippen molar-refractivity contribution in [1.29, 1.82) is 0 Å². The maximum absolute atomic E-state index is 8.52. The third kappa shape index (κ3) is 1.90. The average molecular weight is 244 g/mol. The molecular weight excluding hydrogens is 232 g/mol. The molecule has 2 heterocycles. The number of hydrogen-bond donors (Lipinski definition) is 2. The molecule has 3 N–H and O–H groups in total. The summed E-state index contributed by atoms with van der Waals surface area (Å²) in [6, 6.07) is 2.00. The predicted molar refractivity (Wildman–Crippen MR) is 63.6 cm³/mol. The highest BCUT2D eigenvalue weighted by Gasteiger charge is 2.25. The molecule has 7 heteroatoms. The van der Waals surface area contributed by atoms with Crippen LogP contribution in [0.5, 0.6) is 0 Å². The molecule has 2 aromatic heterocycles. The molecule has 0 aliphatic heterocycles. The Morgan fingerprint density at radius 1 is 1.39 bits per heavy atom. The second-order valence-electron chi connectivity index (χ2n) is 4.20. The van der Waals surface area contributed by atoms with E-state index in [2.05, 4.69) is 20.2 Å². The summed E-state index contributed by atoms with van der Waals surface area (Å²) in [5.41, 5.74) is 6.83. The zero-order chi connectivity index (χ0) is 12.5. The van der Waals surface area contributed by atoms with E-state index in [0.29, 0.717) is 17.4 Å². The van der Waals surface area contributed by atoms with Gasteiger partial charge in [0, 0.05) is 12.1 Å². The minimum Gasteiger partial charge on any atom is -0.409 e. The van der Waals surface area contributed by atoms with Crippen LogP contribution >= 0.6 is 0 Å². The standard InChI is InChI=1S/C11H12N6O/c12-11(16-18)9-5-14-10(6-13-9)17-4-3-8(15-17)7-1-2-7/h3-7,18H,1-2H2,(H2,12,16). The van der Waals surface area contributed by atoms with Gasteiger partial charge in [0.05, 0.1) is 18.1 Å². The van der Waals surface area contributed by atoms with Crippen LogP contribution in [0.1, 0.15) is 30.1 Å². The Kier molecular flexibility index (Phi) is 2.44. The van der Waals surface area contributed by atoms with Crippen molar-refractivity contribution < 1.29 is 5.21 Å². The number of nitrogens with zero attached hydrogens (tertiary/aromatic N) is 5. The zero-order valence-corrected chi connectivity index (χ0v) is 9.56. The van der Waals surface area contributed by atoms with Crippen molar-refractivity contribution >= 4 is 5.84 Å². The normalized spacial score (nSPS) is 15.9. The smallest absolute Gasteiger partial charge is 0.190 e. The molecule has 1 saturated carbocycles. The van der Waals surface area contributed by atoms with Crippen LogP contribution in [0.2, 0.25) is 0 Å². The van der Waals surface area contributed by atoms with Crippen molar-refractivity contribution in [2.75, 3.05) is 0 Å². The molecule has 92 valence electrons. The maximum atomic E-state index is 8.52. The van der Waals surface area contributed by atoms with Gasteiger partial charge in [-0.25, -0.2) is 14.6 Å². The van der Waals surface area contributed by atoms with E-state index in [-0.39, 0.29) is 5.84 Å². The largest absolute Gasteiger partial charge is 0.409 e. The second kappa shape index (κ2) is 4.10. The van der Waals surface area contributed by atoms with Gasteiger partial charge in [0.1, 0.15) is 5.69 Å². The lowest BCUT2D eigenvalue weighted by Crippen LogP contribution is -2.15. The summed E-state index contributed by atoms with van der Waals surface area (Å²) in [4.78, 5) is 8.23. The van der Waals surface area contributed by atoms with Crippen molar-refractivity contribution in [3.63, 3.8) is 0 Å². The summed E-state index contributed by atoms with van der Waals surface area (Å²) < 4.78 is 1.68. The molecule has 0 amide bonds. The van der Waals surface area contributed by atoms with Crippen LogP contribution in [-0.4, -0.2) is 30.8 Å². The van der Waals surface area contributed by atoms with Gasteiger partial charge >= 0.3 is 0 Å². The molecule has 0 aromatic carbocycles. The molecule has 0 bridgehead atoms. The summed E-state index contributed by atoms with van der Waals surface area (Å²) in [7, 11) is 0. The molecule has 1 aliphatic carbocycles. The van der Waals surface area contributed by atoms with E-state index in [0.717, 1.165) is 5.69 Å². The fourth-order valence-corrected chi connectivity index (χ4v) is 1.69. The van der Waals surface area contributed by atoms with Crippen molar-refractivity contribution in [2.45, 2.75) is 18.8 Å². The van der Waals surface area contributed by atoms with E-state index >= 15 is 0 Å². The van der Waals surface area contributed by atoms with Crippen LogP contribution in [0.25, 0.3) is 5.82 Å². The first kappa shape index (κ1) is 10.7. The lowest BCUT2D eigenvalue weighted by Gasteiger charge is -2.01. The molecule has 18 heavy (non-hydrogen) atoms. The van der Waals surface area contributed by atoms with Crippen LogP contribution in [0, 0.1) is 0 Å². The molecule has 0 saturated heterocycles. The first-order chi connectivity index (χ1) is 8.78. The number of aromatic nitrogens is 4. The van der Waals surface area contributed by atoms with E-state index in [1.807, 2.05) is 12.3 Å². The Balaban J connectivity index is 1.87. The van der Waals surface area contributed by atoms with Gasteiger partial charge in [-0.2, -0.15) is 5.10 Å². The van der Waals surface area contributed by atoms with Crippen molar-refractivity contribution in [3.8, 4) is 5.82 Å². The van der Waals surface area contributed by atoms with Gasteiger partial charge in [0.25, 0.3) is 0 Å². The van der Waals surface area contributed by atoms with Crippen LogP contribution < -0.4 is 5.73 Å². The molecular formula is C11H12N6O. The lowest BCUT2D eigenvalue weighted by molar-refractivity contribution is 0.318. The molecule has 3 rings (SSSR count).